The van der Waals surface area contributed by atoms with Gasteiger partial charge in [-0.15, -0.1) is 0 Å². The summed E-state index contributed by atoms with van der Waals surface area (Å²) >= 11 is 0. The molecule has 0 fully saturated rings. The number of hydrogen-bond acceptors (Lipinski definition) is 5. The van der Waals surface area contributed by atoms with E-state index in [1.807, 2.05) is 24.3 Å². The molecule has 5 heteroatoms. The van der Waals surface area contributed by atoms with Crippen LogP contribution < -0.4 is 0 Å². The lowest BCUT2D eigenvalue weighted by Gasteiger charge is -2.30. The molecule has 5 nitrogen and oxygen atoms in total. The number of esters is 2. The SMILES string of the molecule is CCOC(=O)C(C(=O)OCC)C1OCCc2ccccc21. The van der Waals surface area contributed by atoms with Crippen molar-refractivity contribution < 1.29 is 23.8 Å². The van der Waals surface area contributed by atoms with E-state index in [0.717, 1.165) is 17.5 Å². The third-order valence-corrected chi connectivity index (χ3v) is 3.41. The first-order valence-electron chi connectivity index (χ1n) is 7.21. The summed E-state index contributed by atoms with van der Waals surface area (Å²) < 4.78 is 15.7. The molecule has 1 atom stereocenters. The molecule has 1 aliphatic heterocycles. The number of hydrogen-bond donors (Lipinski definition) is 0. The van der Waals surface area contributed by atoms with Gasteiger partial charge in [0.2, 0.25) is 0 Å². The monoisotopic (exact) mass is 292 g/mol. The van der Waals surface area contributed by atoms with Crippen LogP contribution >= 0.6 is 0 Å². The van der Waals surface area contributed by atoms with Gasteiger partial charge in [-0.3, -0.25) is 9.59 Å². The highest BCUT2D eigenvalue weighted by Crippen LogP contribution is 2.34. The number of carbonyl (C=O) groups is 2. The quantitative estimate of drug-likeness (QED) is 0.614. The van der Waals surface area contributed by atoms with Crippen molar-refractivity contribution in [1.29, 1.82) is 0 Å². The highest BCUT2D eigenvalue weighted by molar-refractivity contribution is 5.96. The molecule has 0 saturated heterocycles. The second-order valence-electron chi connectivity index (χ2n) is 4.72. The second-order valence-corrected chi connectivity index (χ2v) is 4.72. The van der Waals surface area contributed by atoms with Gasteiger partial charge >= 0.3 is 11.9 Å². The van der Waals surface area contributed by atoms with Crippen molar-refractivity contribution in [2.45, 2.75) is 26.4 Å². The first-order chi connectivity index (χ1) is 10.2. The van der Waals surface area contributed by atoms with Crippen LogP contribution in [0.3, 0.4) is 0 Å². The van der Waals surface area contributed by atoms with Crippen LogP contribution in [0.4, 0.5) is 0 Å². The fraction of sp³-hybridized carbons (Fsp3) is 0.500. The number of ether oxygens (including phenoxy) is 3. The van der Waals surface area contributed by atoms with Crippen molar-refractivity contribution in [3.05, 3.63) is 35.4 Å². The molecule has 114 valence electrons. The Bertz CT molecular complexity index is 493. The van der Waals surface area contributed by atoms with Crippen LogP contribution in [-0.2, 0) is 30.2 Å². The zero-order chi connectivity index (χ0) is 15.2. The van der Waals surface area contributed by atoms with Gasteiger partial charge in [-0.1, -0.05) is 24.3 Å². The fourth-order valence-corrected chi connectivity index (χ4v) is 2.51. The lowest BCUT2D eigenvalue weighted by Crippen LogP contribution is -2.36. The Hall–Kier alpha value is -1.88. The first-order valence-corrected chi connectivity index (χ1v) is 7.21. The molecule has 0 radical (unpaired) electrons. The highest BCUT2D eigenvalue weighted by Gasteiger charge is 2.41. The van der Waals surface area contributed by atoms with Crippen LogP contribution in [0, 0.1) is 5.92 Å². The predicted octanol–water partition coefficient (Wildman–Crippen LogP) is 2.04. The minimum Gasteiger partial charge on any atom is -0.465 e. The summed E-state index contributed by atoms with van der Waals surface area (Å²) in [5.74, 6) is -2.28. The average molecular weight is 292 g/mol. The summed E-state index contributed by atoms with van der Waals surface area (Å²) in [6.07, 6.45) is 0.124. The summed E-state index contributed by atoms with van der Waals surface area (Å²) in [7, 11) is 0. The topological polar surface area (TPSA) is 61.8 Å². The van der Waals surface area contributed by atoms with E-state index in [2.05, 4.69) is 0 Å². The van der Waals surface area contributed by atoms with Gasteiger partial charge in [0, 0.05) is 0 Å². The largest absolute Gasteiger partial charge is 0.465 e. The van der Waals surface area contributed by atoms with Gasteiger partial charge in [0.1, 0.15) is 6.10 Å². The standard InChI is InChI=1S/C16H20O5/c1-3-19-15(17)13(16(18)20-4-2)14-12-8-6-5-7-11(12)9-10-21-14/h5-8,13-14H,3-4,9-10H2,1-2H3. The van der Waals surface area contributed by atoms with Crippen LogP contribution in [0.1, 0.15) is 31.1 Å². The van der Waals surface area contributed by atoms with Crippen molar-refractivity contribution in [2.75, 3.05) is 19.8 Å². The van der Waals surface area contributed by atoms with E-state index in [4.69, 9.17) is 14.2 Å². The number of carbonyl (C=O) groups excluding carboxylic acids is 2. The van der Waals surface area contributed by atoms with Crippen LogP contribution in [0.25, 0.3) is 0 Å². The van der Waals surface area contributed by atoms with Gasteiger partial charge in [0.15, 0.2) is 5.92 Å². The van der Waals surface area contributed by atoms with Crippen molar-refractivity contribution in [3.8, 4) is 0 Å². The van der Waals surface area contributed by atoms with Crippen molar-refractivity contribution in [1.82, 2.24) is 0 Å². The molecule has 0 aliphatic carbocycles. The molecule has 0 N–H and O–H groups in total. The Morgan fingerprint density at radius 3 is 2.43 bits per heavy atom. The van der Waals surface area contributed by atoms with Crippen molar-refractivity contribution in [2.24, 2.45) is 5.92 Å². The Morgan fingerprint density at radius 2 is 1.81 bits per heavy atom. The normalized spacial score (nSPS) is 17.2. The Labute approximate surface area is 124 Å². The third kappa shape index (κ3) is 3.42. The van der Waals surface area contributed by atoms with E-state index in [9.17, 15) is 9.59 Å². The van der Waals surface area contributed by atoms with Gasteiger partial charge < -0.3 is 14.2 Å². The zero-order valence-corrected chi connectivity index (χ0v) is 12.3. The predicted molar refractivity (Wildman–Crippen MR) is 75.6 cm³/mol. The number of fused-ring (bicyclic) bond motifs is 1. The van der Waals surface area contributed by atoms with Gasteiger partial charge in [-0.25, -0.2) is 0 Å². The molecule has 21 heavy (non-hydrogen) atoms. The molecule has 0 saturated carbocycles. The van der Waals surface area contributed by atoms with Crippen LogP contribution in [-0.4, -0.2) is 31.8 Å². The van der Waals surface area contributed by atoms with E-state index in [1.54, 1.807) is 13.8 Å². The van der Waals surface area contributed by atoms with Gasteiger partial charge in [0.05, 0.1) is 19.8 Å². The maximum absolute atomic E-state index is 12.2. The van der Waals surface area contributed by atoms with Crippen LogP contribution in [0.2, 0.25) is 0 Å². The summed E-state index contributed by atoms with van der Waals surface area (Å²) in [5, 5.41) is 0. The summed E-state index contributed by atoms with van der Waals surface area (Å²) in [6, 6.07) is 7.67. The number of benzene rings is 1. The van der Waals surface area contributed by atoms with Crippen molar-refractivity contribution >= 4 is 11.9 Å². The summed E-state index contributed by atoms with van der Waals surface area (Å²) in [6.45, 7) is 4.30. The van der Waals surface area contributed by atoms with Gasteiger partial charge in [0.25, 0.3) is 0 Å². The molecular formula is C16H20O5. The maximum atomic E-state index is 12.2. The minimum atomic E-state index is -1.08. The molecule has 0 spiro atoms. The molecule has 0 amide bonds. The fourth-order valence-electron chi connectivity index (χ4n) is 2.51. The molecule has 0 bridgehead atoms. The molecule has 1 aliphatic rings. The maximum Gasteiger partial charge on any atom is 0.323 e. The van der Waals surface area contributed by atoms with Crippen LogP contribution in [0.5, 0.6) is 0 Å². The molecule has 2 rings (SSSR count). The average Bonchev–Trinajstić information content (AvgIpc) is 2.48. The first kappa shape index (κ1) is 15.5. The Balaban J connectivity index is 2.33. The summed E-state index contributed by atoms with van der Waals surface area (Å²) in [4.78, 5) is 24.3. The zero-order valence-electron chi connectivity index (χ0n) is 12.3. The van der Waals surface area contributed by atoms with Gasteiger partial charge in [-0.05, 0) is 31.4 Å². The molecular weight excluding hydrogens is 272 g/mol. The Kier molecular flexibility index (Phi) is 5.33. The molecule has 1 aromatic carbocycles. The Morgan fingerprint density at radius 1 is 1.19 bits per heavy atom. The minimum absolute atomic E-state index is 0.211. The van der Waals surface area contributed by atoms with Crippen LogP contribution in [0.15, 0.2) is 24.3 Å². The van der Waals surface area contributed by atoms with E-state index in [0.29, 0.717) is 6.61 Å². The second kappa shape index (κ2) is 7.22. The van der Waals surface area contributed by atoms with Gasteiger partial charge in [-0.2, -0.15) is 0 Å². The molecule has 1 aromatic rings. The lowest BCUT2D eigenvalue weighted by molar-refractivity contribution is -0.170. The number of rotatable bonds is 5. The molecule has 1 heterocycles. The lowest BCUT2D eigenvalue weighted by atomic mass is 9.89. The third-order valence-electron chi connectivity index (χ3n) is 3.41. The smallest absolute Gasteiger partial charge is 0.323 e. The van der Waals surface area contributed by atoms with E-state index < -0.39 is 24.0 Å². The van der Waals surface area contributed by atoms with E-state index >= 15 is 0 Å². The summed E-state index contributed by atoms with van der Waals surface area (Å²) in [5.41, 5.74) is 1.95. The van der Waals surface area contributed by atoms with E-state index in [-0.39, 0.29) is 13.2 Å². The molecule has 0 aromatic heterocycles. The van der Waals surface area contributed by atoms with E-state index in [1.165, 1.54) is 0 Å². The highest BCUT2D eigenvalue weighted by atomic mass is 16.6. The van der Waals surface area contributed by atoms with Crippen molar-refractivity contribution in [3.63, 3.8) is 0 Å². The molecule has 1 unspecified atom stereocenters.